The van der Waals surface area contributed by atoms with Gasteiger partial charge in [-0.05, 0) is 30.7 Å². The molecular weight excluding hydrogens is 426 g/mol. The van der Waals surface area contributed by atoms with Gasteiger partial charge in [0.1, 0.15) is 16.5 Å². The van der Waals surface area contributed by atoms with E-state index in [9.17, 15) is 14.7 Å². The van der Waals surface area contributed by atoms with Crippen LogP contribution < -0.4 is 9.64 Å². The van der Waals surface area contributed by atoms with Gasteiger partial charge < -0.3 is 9.84 Å². The van der Waals surface area contributed by atoms with Crippen molar-refractivity contribution in [1.82, 2.24) is 10.2 Å². The SMILES string of the molecule is COc1ccc(Cl)cc1/C(O)=C1\C(=O)C(=O)N(c2nnc(C)s2)[C@@H]1c1ccccc1. The minimum Gasteiger partial charge on any atom is -0.507 e. The van der Waals surface area contributed by atoms with Crippen molar-refractivity contribution in [2.75, 3.05) is 12.0 Å². The lowest BCUT2D eigenvalue weighted by molar-refractivity contribution is -0.132. The predicted molar refractivity (Wildman–Crippen MR) is 114 cm³/mol. The first-order valence-electron chi connectivity index (χ1n) is 8.92. The molecule has 1 aliphatic heterocycles. The van der Waals surface area contributed by atoms with E-state index in [1.165, 1.54) is 29.4 Å². The Morgan fingerprint density at radius 2 is 1.90 bits per heavy atom. The second-order valence-corrected chi connectivity index (χ2v) is 8.12. The van der Waals surface area contributed by atoms with E-state index in [2.05, 4.69) is 10.2 Å². The first-order chi connectivity index (χ1) is 14.4. The van der Waals surface area contributed by atoms with Crippen LogP contribution in [0.4, 0.5) is 5.13 Å². The van der Waals surface area contributed by atoms with Crippen molar-refractivity contribution in [3.05, 3.63) is 75.3 Å². The van der Waals surface area contributed by atoms with Gasteiger partial charge >= 0.3 is 5.91 Å². The molecule has 7 nitrogen and oxygen atoms in total. The topological polar surface area (TPSA) is 92.6 Å². The van der Waals surface area contributed by atoms with Gasteiger partial charge in [-0.15, -0.1) is 10.2 Å². The molecule has 0 saturated carbocycles. The number of rotatable bonds is 4. The summed E-state index contributed by atoms with van der Waals surface area (Å²) in [6.07, 6.45) is 0. The molecule has 3 aromatic rings. The van der Waals surface area contributed by atoms with Gasteiger partial charge in [0.05, 0.1) is 24.3 Å². The van der Waals surface area contributed by atoms with Crippen LogP contribution in [0.2, 0.25) is 5.02 Å². The molecule has 1 fully saturated rings. The fourth-order valence-electron chi connectivity index (χ4n) is 3.37. The number of amides is 1. The summed E-state index contributed by atoms with van der Waals surface area (Å²) in [5.41, 5.74) is 0.795. The highest BCUT2D eigenvalue weighted by molar-refractivity contribution is 7.15. The van der Waals surface area contributed by atoms with Crippen LogP contribution >= 0.6 is 22.9 Å². The Balaban J connectivity index is 1.98. The number of Topliss-reactive ketones (excluding diaryl/α,β-unsaturated/α-hetero) is 1. The number of aromatic nitrogens is 2. The third kappa shape index (κ3) is 3.34. The number of hydrogen-bond acceptors (Lipinski definition) is 7. The molecular formula is C21H16ClN3O4S. The van der Waals surface area contributed by atoms with E-state index >= 15 is 0 Å². The van der Waals surface area contributed by atoms with Crippen LogP contribution in [0.15, 0.2) is 54.1 Å². The van der Waals surface area contributed by atoms with Crippen molar-refractivity contribution >= 4 is 45.5 Å². The highest BCUT2D eigenvalue weighted by atomic mass is 35.5. The van der Waals surface area contributed by atoms with Gasteiger partial charge in [0.25, 0.3) is 5.78 Å². The van der Waals surface area contributed by atoms with Crippen LogP contribution in [0.5, 0.6) is 5.75 Å². The Morgan fingerprint density at radius 3 is 2.53 bits per heavy atom. The number of ether oxygens (including phenoxy) is 1. The summed E-state index contributed by atoms with van der Waals surface area (Å²) in [5.74, 6) is -1.66. The maximum Gasteiger partial charge on any atom is 0.301 e. The highest BCUT2D eigenvalue weighted by Crippen LogP contribution is 2.44. The minimum atomic E-state index is -0.873. The first-order valence-corrected chi connectivity index (χ1v) is 10.1. The van der Waals surface area contributed by atoms with E-state index in [4.69, 9.17) is 16.3 Å². The van der Waals surface area contributed by atoms with Crippen LogP contribution in [-0.4, -0.2) is 34.1 Å². The zero-order valence-corrected chi connectivity index (χ0v) is 17.6. The van der Waals surface area contributed by atoms with Crippen LogP contribution in [0.1, 0.15) is 22.2 Å². The number of anilines is 1. The minimum absolute atomic E-state index is 0.0698. The molecule has 1 atom stereocenters. The Kier molecular flexibility index (Phi) is 5.27. The first kappa shape index (κ1) is 20.1. The number of aliphatic hydroxyl groups excluding tert-OH is 1. The maximum atomic E-state index is 13.1. The number of carbonyl (C=O) groups is 2. The van der Waals surface area contributed by atoms with E-state index in [1.807, 2.05) is 6.07 Å². The van der Waals surface area contributed by atoms with E-state index in [0.29, 0.717) is 21.3 Å². The quantitative estimate of drug-likeness (QED) is 0.371. The molecule has 0 aliphatic carbocycles. The average Bonchev–Trinajstić information content (AvgIpc) is 3.29. The van der Waals surface area contributed by atoms with Crippen molar-refractivity contribution in [1.29, 1.82) is 0 Å². The number of nitrogens with zero attached hydrogens (tertiary/aromatic N) is 3. The smallest absolute Gasteiger partial charge is 0.301 e. The summed E-state index contributed by atoms with van der Waals surface area (Å²) in [5, 5.41) is 20.4. The van der Waals surface area contributed by atoms with Gasteiger partial charge in [-0.3, -0.25) is 14.5 Å². The van der Waals surface area contributed by atoms with Gasteiger partial charge in [-0.25, -0.2) is 0 Å². The van der Waals surface area contributed by atoms with Gasteiger partial charge in [0.2, 0.25) is 5.13 Å². The van der Waals surface area contributed by atoms with Crippen molar-refractivity contribution in [2.45, 2.75) is 13.0 Å². The molecule has 1 aliphatic rings. The number of aliphatic hydroxyl groups is 1. The fourth-order valence-corrected chi connectivity index (χ4v) is 4.26. The standard InChI is InChI=1S/C21H16ClN3O4S/c1-11-23-24-21(30-11)25-17(12-6-4-3-5-7-12)16(19(27)20(25)28)18(26)14-10-13(22)8-9-15(14)29-2/h3-10,17,26H,1-2H3/b18-16+/t17-/m1/s1. The van der Waals surface area contributed by atoms with Gasteiger partial charge in [0, 0.05) is 5.02 Å². The summed E-state index contributed by atoms with van der Waals surface area (Å²) < 4.78 is 5.32. The summed E-state index contributed by atoms with van der Waals surface area (Å²) >= 11 is 7.29. The molecule has 0 radical (unpaired) electrons. The van der Waals surface area contributed by atoms with E-state index in [0.717, 1.165) is 0 Å². The van der Waals surface area contributed by atoms with Crippen molar-refractivity contribution in [3.8, 4) is 5.75 Å². The number of hydrogen-bond donors (Lipinski definition) is 1. The Labute approximate surface area is 181 Å². The third-order valence-electron chi connectivity index (χ3n) is 4.70. The Hall–Kier alpha value is -3.23. The predicted octanol–water partition coefficient (Wildman–Crippen LogP) is 4.13. The Bertz CT molecular complexity index is 1180. The average molecular weight is 442 g/mol. The number of carbonyl (C=O) groups excluding carboxylic acids is 2. The summed E-state index contributed by atoms with van der Waals surface area (Å²) in [4.78, 5) is 27.3. The molecule has 0 unspecified atom stereocenters. The summed E-state index contributed by atoms with van der Waals surface area (Å²) in [7, 11) is 1.44. The van der Waals surface area contributed by atoms with Crippen LogP contribution in [0.25, 0.3) is 5.76 Å². The molecule has 4 rings (SSSR count). The molecule has 2 aromatic carbocycles. The number of halogens is 1. The number of aryl methyl sites for hydroxylation is 1. The van der Waals surface area contributed by atoms with Crippen LogP contribution in [-0.2, 0) is 9.59 Å². The number of methoxy groups -OCH3 is 1. The lowest BCUT2D eigenvalue weighted by Crippen LogP contribution is -2.29. The molecule has 0 bridgehead atoms. The number of ketones is 1. The molecule has 1 N–H and O–H groups in total. The highest BCUT2D eigenvalue weighted by Gasteiger charge is 2.48. The van der Waals surface area contributed by atoms with Crippen LogP contribution in [0.3, 0.4) is 0 Å². The number of benzene rings is 2. The van der Waals surface area contributed by atoms with Gasteiger partial charge in [-0.2, -0.15) is 0 Å². The molecule has 1 saturated heterocycles. The van der Waals surface area contributed by atoms with Crippen molar-refractivity contribution < 1.29 is 19.4 Å². The normalized spacial score (nSPS) is 18.1. The van der Waals surface area contributed by atoms with Crippen molar-refractivity contribution in [2.24, 2.45) is 0 Å². The van der Waals surface area contributed by atoms with Gasteiger partial charge in [0.15, 0.2) is 0 Å². The molecule has 2 heterocycles. The monoisotopic (exact) mass is 441 g/mol. The molecule has 9 heteroatoms. The molecule has 30 heavy (non-hydrogen) atoms. The maximum absolute atomic E-state index is 13.1. The molecule has 1 amide bonds. The lowest BCUT2D eigenvalue weighted by Gasteiger charge is -2.22. The van der Waals surface area contributed by atoms with E-state index in [-0.39, 0.29) is 22.0 Å². The van der Waals surface area contributed by atoms with Crippen LogP contribution in [0, 0.1) is 6.92 Å². The summed E-state index contributed by atoms with van der Waals surface area (Å²) in [6.45, 7) is 1.76. The second-order valence-electron chi connectivity index (χ2n) is 6.53. The Morgan fingerprint density at radius 1 is 1.17 bits per heavy atom. The third-order valence-corrected chi connectivity index (χ3v) is 5.77. The second kappa shape index (κ2) is 7.89. The molecule has 1 aromatic heterocycles. The molecule has 152 valence electrons. The largest absolute Gasteiger partial charge is 0.507 e. The summed E-state index contributed by atoms with van der Waals surface area (Å²) in [6, 6.07) is 12.8. The van der Waals surface area contributed by atoms with E-state index < -0.39 is 17.7 Å². The zero-order chi connectivity index (χ0) is 21.4. The van der Waals surface area contributed by atoms with E-state index in [1.54, 1.807) is 43.3 Å². The lowest BCUT2D eigenvalue weighted by atomic mass is 9.95. The zero-order valence-electron chi connectivity index (χ0n) is 16.0. The fraction of sp³-hybridized carbons (Fsp3) is 0.143. The van der Waals surface area contributed by atoms with Gasteiger partial charge in [-0.1, -0.05) is 53.3 Å². The van der Waals surface area contributed by atoms with Crippen molar-refractivity contribution in [3.63, 3.8) is 0 Å². The molecule has 0 spiro atoms.